The molecule has 0 saturated carbocycles. The Bertz CT molecular complexity index is 809. The Morgan fingerprint density at radius 2 is 1.54 bits per heavy atom. The number of allylic oxidation sites excluding steroid dienone is 5. The minimum absolute atomic E-state index is 0.207. The third-order valence-electron chi connectivity index (χ3n) is 5.85. The zero-order valence-electron chi connectivity index (χ0n) is 18.2. The molecule has 2 aliphatic rings. The van der Waals surface area contributed by atoms with Gasteiger partial charge >= 0.3 is 0 Å². The summed E-state index contributed by atoms with van der Waals surface area (Å²) in [7, 11) is 0. The summed E-state index contributed by atoms with van der Waals surface area (Å²) in [5.74, 6) is 0.601. The fraction of sp³-hybridized carbons (Fsp3) is 0.462. The quantitative estimate of drug-likeness (QED) is 0.392. The average molecular weight is 487 g/mol. The highest BCUT2D eigenvalue weighted by molar-refractivity contribution is 14.1. The van der Waals surface area contributed by atoms with E-state index in [4.69, 9.17) is 0 Å². The van der Waals surface area contributed by atoms with Crippen LogP contribution in [0.1, 0.15) is 54.4 Å². The lowest BCUT2D eigenvalue weighted by molar-refractivity contribution is 0.293. The van der Waals surface area contributed by atoms with E-state index in [-0.39, 0.29) is 5.41 Å². The maximum absolute atomic E-state index is 2.51. The molecule has 2 atom stereocenters. The predicted octanol–water partition coefficient (Wildman–Crippen LogP) is 7.90. The molecule has 2 aliphatic carbocycles. The van der Waals surface area contributed by atoms with Gasteiger partial charge in [-0.2, -0.15) is 0 Å². The van der Waals surface area contributed by atoms with E-state index in [1.165, 1.54) is 20.5 Å². The molecule has 2 heteroatoms. The fourth-order valence-corrected chi connectivity index (χ4v) is 4.28. The number of halogens is 1. The van der Waals surface area contributed by atoms with Crippen LogP contribution in [0.3, 0.4) is 0 Å². The molecule has 3 rings (SSSR count). The van der Waals surface area contributed by atoms with Crippen molar-refractivity contribution < 1.29 is 0 Å². The third kappa shape index (κ3) is 5.00. The van der Waals surface area contributed by atoms with Crippen molar-refractivity contribution in [3.05, 3.63) is 75.6 Å². The molecule has 1 aromatic carbocycles. The van der Waals surface area contributed by atoms with E-state index in [2.05, 4.69) is 130 Å². The number of hydrogen-bond acceptors (Lipinski definition) is 1. The second-order valence-corrected chi connectivity index (χ2v) is 11.4. The van der Waals surface area contributed by atoms with E-state index in [1.807, 2.05) is 0 Å². The molecule has 1 aromatic rings. The normalized spacial score (nSPS) is 22.7. The number of benzene rings is 1. The molecule has 0 aromatic heterocycles. The molecular formula is C26H34IN. The van der Waals surface area contributed by atoms with Gasteiger partial charge in [0.15, 0.2) is 0 Å². The van der Waals surface area contributed by atoms with E-state index in [9.17, 15) is 0 Å². The van der Waals surface area contributed by atoms with Crippen molar-refractivity contribution in [1.29, 1.82) is 0 Å². The first-order valence-electron chi connectivity index (χ1n) is 10.4. The monoisotopic (exact) mass is 487 g/mol. The fourth-order valence-electron chi connectivity index (χ4n) is 3.92. The SMILES string of the molecule is CC(C)(C)C1=CCC(N(C2=CCC(C(C)(C)C)C=C2)c2ccc(I)cc2)C=C1. The Morgan fingerprint density at radius 1 is 0.857 bits per heavy atom. The van der Waals surface area contributed by atoms with Gasteiger partial charge in [-0.05, 0) is 88.1 Å². The molecular weight excluding hydrogens is 453 g/mol. The Labute approximate surface area is 185 Å². The Hall–Kier alpha value is -1.29. The van der Waals surface area contributed by atoms with Crippen LogP contribution in [0.25, 0.3) is 0 Å². The van der Waals surface area contributed by atoms with Crippen LogP contribution in [0.15, 0.2) is 72.0 Å². The van der Waals surface area contributed by atoms with Crippen molar-refractivity contribution in [2.45, 2.75) is 60.4 Å². The predicted molar refractivity (Wildman–Crippen MR) is 132 cm³/mol. The van der Waals surface area contributed by atoms with E-state index in [0.29, 0.717) is 17.4 Å². The van der Waals surface area contributed by atoms with E-state index < -0.39 is 0 Å². The maximum Gasteiger partial charge on any atom is 0.0559 e. The first-order chi connectivity index (χ1) is 13.1. The van der Waals surface area contributed by atoms with Gasteiger partial charge in [-0.25, -0.2) is 0 Å². The van der Waals surface area contributed by atoms with E-state index in [0.717, 1.165) is 12.8 Å². The van der Waals surface area contributed by atoms with Crippen molar-refractivity contribution >= 4 is 28.3 Å². The first-order valence-corrected chi connectivity index (χ1v) is 11.5. The van der Waals surface area contributed by atoms with Gasteiger partial charge < -0.3 is 4.90 Å². The molecule has 0 aliphatic heterocycles. The molecule has 150 valence electrons. The Kier molecular flexibility index (Phi) is 6.29. The zero-order chi connectivity index (χ0) is 20.5. The Balaban J connectivity index is 1.89. The van der Waals surface area contributed by atoms with Crippen LogP contribution in [0.2, 0.25) is 0 Å². The molecule has 0 radical (unpaired) electrons. The maximum atomic E-state index is 2.51. The second kappa shape index (κ2) is 8.22. The molecule has 0 amide bonds. The summed E-state index contributed by atoms with van der Waals surface area (Å²) in [6, 6.07) is 9.27. The lowest BCUT2D eigenvalue weighted by Gasteiger charge is -2.37. The molecule has 0 bridgehead atoms. The topological polar surface area (TPSA) is 3.24 Å². The summed E-state index contributed by atoms with van der Waals surface area (Å²) in [5, 5.41) is 0. The van der Waals surface area contributed by atoms with Crippen LogP contribution >= 0.6 is 22.6 Å². The van der Waals surface area contributed by atoms with Gasteiger partial charge in [0, 0.05) is 15.0 Å². The lowest BCUT2D eigenvalue weighted by atomic mass is 9.77. The molecule has 0 fully saturated rings. The smallest absolute Gasteiger partial charge is 0.0559 e. The lowest BCUT2D eigenvalue weighted by Crippen LogP contribution is -2.35. The van der Waals surface area contributed by atoms with Crippen LogP contribution in [0, 0.1) is 20.3 Å². The summed E-state index contributed by atoms with van der Waals surface area (Å²) in [5.41, 5.74) is 4.55. The molecule has 2 unspecified atom stereocenters. The van der Waals surface area contributed by atoms with Crippen molar-refractivity contribution in [2.24, 2.45) is 16.7 Å². The average Bonchev–Trinajstić information content (AvgIpc) is 2.63. The van der Waals surface area contributed by atoms with Crippen LogP contribution < -0.4 is 4.90 Å². The highest BCUT2D eigenvalue weighted by Crippen LogP contribution is 2.37. The summed E-state index contributed by atoms with van der Waals surface area (Å²) < 4.78 is 1.27. The number of rotatable bonds is 3. The molecule has 1 nitrogen and oxygen atoms in total. The van der Waals surface area contributed by atoms with Gasteiger partial charge in [0.05, 0.1) is 6.04 Å². The zero-order valence-corrected chi connectivity index (χ0v) is 20.3. The second-order valence-electron chi connectivity index (χ2n) is 10.1. The van der Waals surface area contributed by atoms with Crippen molar-refractivity contribution in [2.75, 3.05) is 4.90 Å². The van der Waals surface area contributed by atoms with Crippen molar-refractivity contribution in [3.8, 4) is 0 Å². The highest BCUT2D eigenvalue weighted by Gasteiger charge is 2.27. The third-order valence-corrected chi connectivity index (χ3v) is 6.57. The van der Waals surface area contributed by atoms with Crippen LogP contribution in [0.5, 0.6) is 0 Å². The number of hydrogen-bond donors (Lipinski definition) is 0. The minimum atomic E-state index is 0.207. The van der Waals surface area contributed by atoms with Gasteiger partial charge in [0.1, 0.15) is 0 Å². The summed E-state index contributed by atoms with van der Waals surface area (Å²) in [6.07, 6.45) is 16.5. The van der Waals surface area contributed by atoms with E-state index in [1.54, 1.807) is 0 Å². The number of anilines is 1. The van der Waals surface area contributed by atoms with Gasteiger partial charge in [-0.15, -0.1) is 0 Å². The number of nitrogens with zero attached hydrogens (tertiary/aromatic N) is 1. The molecule has 0 spiro atoms. The molecule has 0 saturated heterocycles. The van der Waals surface area contributed by atoms with Gasteiger partial charge in [0.25, 0.3) is 0 Å². The van der Waals surface area contributed by atoms with Gasteiger partial charge in [0.2, 0.25) is 0 Å². The van der Waals surface area contributed by atoms with Gasteiger partial charge in [-0.3, -0.25) is 0 Å². The summed E-state index contributed by atoms with van der Waals surface area (Å²) >= 11 is 2.38. The molecule has 28 heavy (non-hydrogen) atoms. The Morgan fingerprint density at radius 3 is 2.00 bits per heavy atom. The summed E-state index contributed by atoms with van der Waals surface area (Å²) in [6.45, 7) is 13.9. The molecule has 0 heterocycles. The van der Waals surface area contributed by atoms with Gasteiger partial charge in [-0.1, -0.05) is 71.9 Å². The van der Waals surface area contributed by atoms with Crippen LogP contribution in [-0.2, 0) is 0 Å². The first kappa shape index (κ1) is 21.4. The standard InChI is InChI=1S/C26H34IN/c1-25(2,3)19-7-13-22(14-8-19)28(24-17-11-21(27)12-18-24)23-15-9-20(10-16-23)26(4,5)6/h7-9,11-13,15-18,20,22H,10,14H2,1-6H3. The van der Waals surface area contributed by atoms with Crippen LogP contribution in [0.4, 0.5) is 5.69 Å². The van der Waals surface area contributed by atoms with E-state index >= 15 is 0 Å². The largest absolute Gasteiger partial charge is 0.335 e. The van der Waals surface area contributed by atoms with Crippen molar-refractivity contribution in [1.82, 2.24) is 0 Å². The highest BCUT2D eigenvalue weighted by atomic mass is 127. The molecule has 0 N–H and O–H groups in total. The summed E-state index contributed by atoms with van der Waals surface area (Å²) in [4.78, 5) is 2.51. The van der Waals surface area contributed by atoms with Crippen molar-refractivity contribution in [3.63, 3.8) is 0 Å². The minimum Gasteiger partial charge on any atom is -0.335 e. The van der Waals surface area contributed by atoms with Crippen LogP contribution in [-0.4, -0.2) is 6.04 Å².